The first-order valence-electron chi connectivity index (χ1n) is 41.9. The van der Waals surface area contributed by atoms with Crippen LogP contribution in [0.2, 0.25) is 5.02 Å². The van der Waals surface area contributed by atoms with Crippen molar-refractivity contribution in [1.82, 2.24) is 53.2 Å². The smallest absolute Gasteiger partial charge is 0.325 e. The first-order chi connectivity index (χ1) is 59.5. The number of benzene rings is 6. The summed E-state index contributed by atoms with van der Waals surface area (Å²) in [6.07, 6.45) is -13.9. The van der Waals surface area contributed by atoms with Crippen LogP contribution in [0.25, 0.3) is 11.1 Å². The Labute approximate surface area is 724 Å². The number of imide groups is 1. The maximum absolute atomic E-state index is 16.7. The number of aryl methyl sites for hydroxylation is 2. The highest BCUT2D eigenvalue weighted by atomic mass is 35.5. The zero-order chi connectivity index (χ0) is 89.5. The molecule has 15 bridgehead atoms. The third-order valence-corrected chi connectivity index (χ3v) is 25.0. The highest BCUT2D eigenvalue weighted by Gasteiger charge is 2.53. The van der Waals surface area contributed by atoms with E-state index in [4.69, 9.17) is 50.5 Å². The fourth-order valence-electron chi connectivity index (χ4n) is 18.6. The van der Waals surface area contributed by atoms with Crippen LogP contribution in [0.3, 0.4) is 0 Å². The van der Waals surface area contributed by atoms with Gasteiger partial charge in [0.1, 0.15) is 102 Å². The lowest BCUT2D eigenvalue weighted by Crippen LogP contribution is -2.64. The van der Waals surface area contributed by atoms with Gasteiger partial charge in [0.2, 0.25) is 59.3 Å². The standard InChI is InChI=1S/C88H107ClN12O24/c1-37(2)21-55(92-8)79(111)100-70-72(106)44-10-17-58(38(3)22-44)121-60-31-48-32-61(76(60)125-86-77(75(109)74(108)62(36-102)123-86)124-64-35-88(6,90)78(110)40(5)120-64)122-59-18-11-45(30-54(59)89)73(107)71-85(117)99-69(83(115)96-66-46-25-41-24-42(27-46)28-47(66)26-41)53-33-50(103)23-39(4)65(53)52-29-43(9-16-57(52)104)67(81(113)101-71)98-82(114)68(48)97-80(112)56(94-84(70)116)34-63(105)95-87(118)93-49-12-14-51(15-13-49)119-20-19-91-7/h9-18,22-23,29-33,37,40-42,46-47,55-56,62,64,66-75,77-78,86,91-92,102-104,106-110H,19-21,24-28,34-36,90H2,1-8H3,(H,94,116)(H,96,115)(H,97,112)(H,98,114)(H,99,117)(H,100,111)(H,101,113)(H2,93,95,105,118)/t40-,41?,42?,46?,47?,55+,56-,62+,64-,66?,67+,68+,69-,70+,71-,72+,73+,74+,75-,77+,78+,86-,88-/m0/s1. The molecule has 10 amide bonds. The predicted octanol–water partition coefficient (Wildman–Crippen LogP) is 3.68. The van der Waals surface area contributed by atoms with Gasteiger partial charge >= 0.3 is 6.03 Å². The van der Waals surface area contributed by atoms with Gasteiger partial charge in [-0.15, -0.1) is 0 Å². The molecule has 4 aliphatic carbocycles. The topological polar surface area (TPSA) is 538 Å². The molecular weight excluding hydrogens is 1640 g/mol. The number of ether oxygens (including phenoxy) is 7. The maximum atomic E-state index is 16.7. The Kier molecular flexibility index (Phi) is 27.3. The van der Waals surface area contributed by atoms with Gasteiger partial charge in [-0.3, -0.25) is 43.7 Å². The molecule has 21 N–H and O–H groups in total. The molecule has 36 nitrogen and oxygen atoms in total. The largest absolute Gasteiger partial charge is 0.508 e. The number of aliphatic hydroxyl groups excluding tert-OH is 6. The van der Waals surface area contributed by atoms with Crippen molar-refractivity contribution in [3.63, 3.8) is 0 Å². The quantitative estimate of drug-likeness (QED) is 0.0514. The van der Waals surface area contributed by atoms with E-state index in [1.54, 1.807) is 26.1 Å². The molecule has 125 heavy (non-hydrogen) atoms. The van der Waals surface area contributed by atoms with Crippen molar-refractivity contribution in [1.29, 1.82) is 0 Å². The lowest BCUT2D eigenvalue weighted by molar-refractivity contribution is -0.333. The molecule has 0 spiro atoms. The monoisotopic (exact) mass is 1750 g/mol. The zero-order valence-corrected chi connectivity index (χ0v) is 70.7. The van der Waals surface area contributed by atoms with E-state index in [1.807, 2.05) is 13.8 Å². The van der Waals surface area contributed by atoms with Gasteiger partial charge in [-0.1, -0.05) is 43.6 Å². The average Bonchev–Trinajstić information content (AvgIpc) is 0.757. The number of anilines is 1. The molecule has 7 heterocycles. The summed E-state index contributed by atoms with van der Waals surface area (Å²) in [5.41, 5.74) is 4.85. The molecule has 37 heteroatoms. The fourth-order valence-corrected chi connectivity index (χ4v) is 18.8. The van der Waals surface area contributed by atoms with E-state index < -0.39 is 204 Å². The summed E-state index contributed by atoms with van der Waals surface area (Å²) < 4.78 is 45.1. The van der Waals surface area contributed by atoms with Crippen LogP contribution in [-0.2, 0) is 52.6 Å². The van der Waals surface area contributed by atoms with Gasteiger partial charge in [-0.25, -0.2) is 4.79 Å². The van der Waals surface area contributed by atoms with Crippen molar-refractivity contribution < 1.29 is 117 Å². The summed E-state index contributed by atoms with van der Waals surface area (Å²) in [5.74, 6) is -10.9. The number of amides is 10. The zero-order valence-electron chi connectivity index (χ0n) is 69.9. The number of aromatic hydroxyl groups is 2. The average molecular weight is 1750 g/mol. The van der Waals surface area contributed by atoms with E-state index in [0.29, 0.717) is 30.7 Å². The number of nitrogens with one attached hydrogen (secondary N) is 11. The van der Waals surface area contributed by atoms with E-state index in [0.717, 1.165) is 44.2 Å². The number of hydrogen-bond donors (Lipinski definition) is 20. The summed E-state index contributed by atoms with van der Waals surface area (Å²) in [4.78, 5) is 139. The minimum absolute atomic E-state index is 0.0462. The first-order valence-corrected chi connectivity index (χ1v) is 42.2. The molecule has 0 radical (unpaired) electrons. The van der Waals surface area contributed by atoms with Crippen molar-refractivity contribution in [2.75, 3.05) is 39.2 Å². The number of aliphatic hydroxyl groups is 6. The number of carbonyl (C=O) groups is 9. The Balaban J connectivity index is 0.955. The molecule has 0 aromatic heterocycles. The lowest BCUT2D eigenvalue weighted by atomic mass is 9.54. The Morgan fingerprint density at radius 1 is 0.680 bits per heavy atom. The number of likely N-dealkylation sites (N-methyl/N-ethyl adjacent to an activating group) is 2. The van der Waals surface area contributed by atoms with Crippen molar-refractivity contribution in [3.05, 3.63) is 147 Å². The normalized spacial score (nSPS) is 30.3. The van der Waals surface area contributed by atoms with E-state index in [1.165, 1.54) is 107 Å². The van der Waals surface area contributed by atoms with Crippen LogP contribution in [0.15, 0.2) is 103 Å². The van der Waals surface area contributed by atoms with Crippen LogP contribution < -0.4 is 83.2 Å². The van der Waals surface area contributed by atoms with Gasteiger partial charge < -0.3 is 133 Å². The second kappa shape index (κ2) is 37.8. The van der Waals surface area contributed by atoms with Gasteiger partial charge in [0.25, 0.3) is 0 Å². The number of nitrogens with two attached hydrogens (primary N) is 1. The minimum Gasteiger partial charge on any atom is -0.508 e. The Hall–Kier alpha value is -10.8. The molecule has 2 saturated heterocycles. The van der Waals surface area contributed by atoms with Gasteiger partial charge in [-0.2, -0.15) is 0 Å². The summed E-state index contributed by atoms with van der Waals surface area (Å²) in [7, 11) is 3.24. The molecular formula is C88H107ClN12O24. The molecule has 11 aliphatic rings. The lowest BCUT2D eigenvalue weighted by Gasteiger charge is -2.54. The number of hydrogen-bond acceptors (Lipinski definition) is 27. The number of halogens is 1. The minimum atomic E-state index is -2.35. The molecule has 6 aromatic carbocycles. The van der Waals surface area contributed by atoms with Crippen molar-refractivity contribution >= 4 is 70.6 Å². The maximum Gasteiger partial charge on any atom is 0.325 e. The molecule has 17 rings (SSSR count). The molecule has 6 aromatic rings. The molecule has 670 valence electrons. The molecule has 4 saturated carbocycles. The van der Waals surface area contributed by atoms with Crippen LogP contribution in [0, 0.1) is 43.4 Å². The van der Waals surface area contributed by atoms with Crippen LogP contribution in [0.5, 0.6) is 46.0 Å². The third-order valence-electron chi connectivity index (χ3n) is 24.8. The highest BCUT2D eigenvalue weighted by Crippen LogP contribution is 2.55. The molecule has 18 atom stereocenters. The molecule has 0 unspecified atom stereocenters. The van der Waals surface area contributed by atoms with Crippen LogP contribution in [-0.4, -0.2) is 213 Å². The Morgan fingerprint density at radius 2 is 1.33 bits per heavy atom. The van der Waals surface area contributed by atoms with E-state index in [9.17, 15) is 55.2 Å². The van der Waals surface area contributed by atoms with Crippen LogP contribution in [0.4, 0.5) is 10.5 Å². The van der Waals surface area contributed by atoms with E-state index in [-0.39, 0.29) is 109 Å². The van der Waals surface area contributed by atoms with Crippen molar-refractivity contribution in [2.45, 2.75) is 208 Å². The van der Waals surface area contributed by atoms with E-state index in [2.05, 4.69) is 58.5 Å². The van der Waals surface area contributed by atoms with Crippen LogP contribution in [0.1, 0.15) is 148 Å². The summed E-state index contributed by atoms with van der Waals surface area (Å²) in [6, 6.07) is 7.09. The Bertz CT molecular complexity index is 5070. The number of carbonyl (C=O) groups excluding carboxylic acids is 9. The number of rotatable bonds is 19. The van der Waals surface area contributed by atoms with Gasteiger partial charge in [-0.05, 0) is 239 Å². The number of phenolic OH excluding ortho intramolecular Hbond substituents is 2. The Morgan fingerprint density at radius 3 is 1.98 bits per heavy atom. The predicted molar refractivity (Wildman–Crippen MR) is 447 cm³/mol. The molecule has 7 aliphatic heterocycles. The summed E-state index contributed by atoms with van der Waals surface area (Å²) in [5, 5.41) is 125. The highest BCUT2D eigenvalue weighted by molar-refractivity contribution is 6.32. The first kappa shape index (κ1) is 90.4. The van der Waals surface area contributed by atoms with Crippen molar-refractivity contribution in [3.8, 4) is 57.1 Å². The second-order valence-corrected chi connectivity index (χ2v) is 34.9. The fraction of sp³-hybridized carbons (Fsp3) is 0.489. The summed E-state index contributed by atoms with van der Waals surface area (Å²) in [6.45, 7) is 9.68. The van der Waals surface area contributed by atoms with E-state index >= 15 is 28.8 Å². The van der Waals surface area contributed by atoms with Gasteiger partial charge in [0.05, 0.1) is 36.3 Å². The SMILES string of the molecule is CNCCOc1ccc(NC(=O)NC(=O)C[C@@H]2NC(=O)[C@H](NC(=O)[C@@H](CC(C)C)NC)[C@H](O)c3ccc(c(C)c3)Oc3cc4cc(c3O[C@@H]3O[C@H](CO)[C@@H](O)[C@H](O)[C@H]3O[C@H]3C[C@](C)(N)[C@H](O)[C@H](C)O3)Oc3ccc(cc3Cl)[C@@H](O)[C@@H]3NC(=O)[C@H](NC(=O)[C@@H]4NC2=O)c2ccc(O)c(c2)-c2c(C)cc(O)cc2[C@@H](C(=O)NC2C4CC5CC(C4)CC2C5)NC3=O)cc1. The third kappa shape index (κ3) is 19.7. The number of urea groups is 1. The second-order valence-electron chi connectivity index (χ2n) is 34.5. The van der Waals surface area contributed by atoms with Crippen LogP contribution >= 0.6 is 11.6 Å². The summed E-state index contributed by atoms with van der Waals surface area (Å²) >= 11 is 7.32. The number of fused-ring (bicyclic) bond motifs is 15. The number of phenols is 2. The van der Waals surface area contributed by atoms with Crippen molar-refractivity contribution in [2.24, 2.45) is 35.3 Å². The molecule has 6 fully saturated rings. The van der Waals surface area contributed by atoms with Gasteiger partial charge in [0, 0.05) is 35.8 Å². The van der Waals surface area contributed by atoms with Gasteiger partial charge in [0.15, 0.2) is 23.9 Å².